The molecule has 1 aromatic heterocycles. The SMILES string of the molecule is CCNc1snc(N)c1C. The summed E-state index contributed by atoms with van der Waals surface area (Å²) in [7, 11) is 0. The first-order chi connectivity index (χ1) is 4.75. The summed E-state index contributed by atoms with van der Waals surface area (Å²) in [5.74, 6) is 0.640. The van der Waals surface area contributed by atoms with Crippen molar-refractivity contribution in [1.29, 1.82) is 0 Å². The predicted octanol–water partition coefficient (Wildman–Crippen LogP) is 1.47. The Morgan fingerprint density at radius 3 is 2.80 bits per heavy atom. The first-order valence-corrected chi connectivity index (χ1v) is 3.98. The van der Waals surface area contributed by atoms with E-state index in [1.165, 1.54) is 11.5 Å². The van der Waals surface area contributed by atoms with E-state index < -0.39 is 0 Å². The lowest BCUT2D eigenvalue weighted by Gasteiger charge is -1.97. The number of nitrogens with one attached hydrogen (secondary N) is 1. The highest BCUT2D eigenvalue weighted by molar-refractivity contribution is 7.10. The fourth-order valence-electron chi connectivity index (χ4n) is 0.673. The minimum atomic E-state index is 0.640. The monoisotopic (exact) mass is 157 g/mol. The molecule has 0 aliphatic carbocycles. The fourth-order valence-corrected chi connectivity index (χ4v) is 1.45. The Morgan fingerprint density at radius 2 is 2.40 bits per heavy atom. The van der Waals surface area contributed by atoms with Gasteiger partial charge >= 0.3 is 0 Å². The van der Waals surface area contributed by atoms with E-state index in [0.717, 1.165) is 17.1 Å². The maximum atomic E-state index is 5.53. The molecule has 0 aliphatic rings. The third-order valence-corrected chi connectivity index (χ3v) is 2.22. The van der Waals surface area contributed by atoms with Gasteiger partial charge in [0.25, 0.3) is 0 Å². The minimum Gasteiger partial charge on any atom is -0.383 e. The van der Waals surface area contributed by atoms with Crippen LogP contribution in [0.3, 0.4) is 0 Å². The summed E-state index contributed by atoms with van der Waals surface area (Å²) in [6.07, 6.45) is 0. The molecule has 0 spiro atoms. The summed E-state index contributed by atoms with van der Waals surface area (Å²) in [6, 6.07) is 0. The van der Waals surface area contributed by atoms with Crippen molar-refractivity contribution in [3.8, 4) is 0 Å². The quantitative estimate of drug-likeness (QED) is 0.683. The van der Waals surface area contributed by atoms with Gasteiger partial charge in [0.15, 0.2) is 0 Å². The van der Waals surface area contributed by atoms with Crippen LogP contribution in [0.1, 0.15) is 12.5 Å². The van der Waals surface area contributed by atoms with Crippen molar-refractivity contribution in [1.82, 2.24) is 4.37 Å². The molecule has 4 heteroatoms. The summed E-state index contributed by atoms with van der Waals surface area (Å²) < 4.78 is 3.99. The van der Waals surface area contributed by atoms with E-state index in [0.29, 0.717) is 5.82 Å². The smallest absolute Gasteiger partial charge is 0.142 e. The van der Waals surface area contributed by atoms with Gasteiger partial charge in [-0.3, -0.25) is 0 Å². The molecule has 0 radical (unpaired) electrons. The molecule has 10 heavy (non-hydrogen) atoms. The number of nitrogen functional groups attached to an aromatic ring is 1. The van der Waals surface area contributed by atoms with Gasteiger partial charge in [-0.05, 0) is 25.4 Å². The Kier molecular flexibility index (Phi) is 2.11. The second kappa shape index (κ2) is 2.88. The molecule has 0 saturated heterocycles. The molecule has 56 valence electrons. The Morgan fingerprint density at radius 1 is 1.70 bits per heavy atom. The Balaban J connectivity index is 2.83. The van der Waals surface area contributed by atoms with Crippen LogP contribution in [-0.2, 0) is 0 Å². The largest absolute Gasteiger partial charge is 0.383 e. The van der Waals surface area contributed by atoms with Crippen LogP contribution in [0, 0.1) is 6.92 Å². The van der Waals surface area contributed by atoms with Crippen molar-refractivity contribution < 1.29 is 0 Å². The third kappa shape index (κ3) is 1.21. The van der Waals surface area contributed by atoms with Crippen molar-refractivity contribution in [2.24, 2.45) is 0 Å². The summed E-state index contributed by atoms with van der Waals surface area (Å²) in [4.78, 5) is 0. The van der Waals surface area contributed by atoms with E-state index in [1.807, 2.05) is 6.92 Å². The first kappa shape index (κ1) is 7.34. The van der Waals surface area contributed by atoms with Gasteiger partial charge in [0.2, 0.25) is 0 Å². The molecular weight excluding hydrogens is 146 g/mol. The molecular formula is C6H11N3S. The normalized spacial score (nSPS) is 9.80. The molecule has 3 N–H and O–H groups in total. The molecule has 0 aromatic carbocycles. The molecule has 0 bridgehead atoms. The number of hydrogen-bond donors (Lipinski definition) is 2. The zero-order chi connectivity index (χ0) is 7.56. The van der Waals surface area contributed by atoms with Gasteiger partial charge in [-0.25, -0.2) is 0 Å². The number of rotatable bonds is 2. The van der Waals surface area contributed by atoms with Crippen LogP contribution < -0.4 is 11.1 Å². The van der Waals surface area contributed by atoms with Crippen molar-refractivity contribution >= 4 is 22.4 Å². The van der Waals surface area contributed by atoms with E-state index in [1.54, 1.807) is 0 Å². The van der Waals surface area contributed by atoms with Crippen LogP contribution in [0.25, 0.3) is 0 Å². The Labute approximate surface area is 64.4 Å². The lowest BCUT2D eigenvalue weighted by Crippen LogP contribution is -1.95. The molecule has 0 amide bonds. The van der Waals surface area contributed by atoms with E-state index in [4.69, 9.17) is 5.73 Å². The number of hydrogen-bond acceptors (Lipinski definition) is 4. The number of anilines is 2. The van der Waals surface area contributed by atoms with Crippen molar-refractivity contribution in [2.45, 2.75) is 13.8 Å². The number of nitrogens with zero attached hydrogens (tertiary/aromatic N) is 1. The molecule has 3 nitrogen and oxygen atoms in total. The van der Waals surface area contributed by atoms with Gasteiger partial charge in [-0.1, -0.05) is 0 Å². The molecule has 1 aromatic rings. The lowest BCUT2D eigenvalue weighted by molar-refractivity contribution is 1.22. The van der Waals surface area contributed by atoms with Gasteiger partial charge in [-0.15, -0.1) is 0 Å². The summed E-state index contributed by atoms with van der Waals surface area (Å²) in [6.45, 7) is 4.94. The molecule has 1 rings (SSSR count). The van der Waals surface area contributed by atoms with Crippen LogP contribution in [0.4, 0.5) is 10.8 Å². The Bertz CT molecular complexity index is 219. The number of aromatic nitrogens is 1. The maximum absolute atomic E-state index is 5.53. The van der Waals surface area contributed by atoms with Crippen LogP contribution in [0.5, 0.6) is 0 Å². The standard InChI is InChI=1S/C6H11N3S/c1-3-8-6-4(2)5(7)9-10-6/h8H,3H2,1-2H3,(H2,7,9). The van der Waals surface area contributed by atoms with Crippen LogP contribution in [-0.4, -0.2) is 10.9 Å². The maximum Gasteiger partial charge on any atom is 0.142 e. The molecule has 0 unspecified atom stereocenters. The highest BCUT2D eigenvalue weighted by Gasteiger charge is 2.03. The van der Waals surface area contributed by atoms with Gasteiger partial charge in [0.1, 0.15) is 10.8 Å². The second-order valence-electron chi connectivity index (χ2n) is 2.05. The highest BCUT2D eigenvalue weighted by Crippen LogP contribution is 2.24. The van der Waals surface area contributed by atoms with Crippen molar-refractivity contribution in [2.75, 3.05) is 17.6 Å². The molecule has 0 aliphatic heterocycles. The van der Waals surface area contributed by atoms with Crippen molar-refractivity contribution in [3.05, 3.63) is 5.56 Å². The van der Waals surface area contributed by atoms with E-state index >= 15 is 0 Å². The van der Waals surface area contributed by atoms with Crippen LogP contribution in [0.15, 0.2) is 0 Å². The topological polar surface area (TPSA) is 50.9 Å². The molecule has 0 saturated carbocycles. The second-order valence-corrected chi connectivity index (χ2v) is 2.83. The first-order valence-electron chi connectivity index (χ1n) is 3.21. The average molecular weight is 157 g/mol. The zero-order valence-corrected chi connectivity index (χ0v) is 6.96. The lowest BCUT2D eigenvalue weighted by atomic mass is 10.3. The van der Waals surface area contributed by atoms with Gasteiger partial charge in [0.05, 0.1) is 0 Å². The zero-order valence-electron chi connectivity index (χ0n) is 6.14. The summed E-state index contributed by atoms with van der Waals surface area (Å²) in [5, 5.41) is 4.26. The Hall–Kier alpha value is -0.770. The average Bonchev–Trinajstić information content (AvgIpc) is 2.20. The predicted molar refractivity (Wildman–Crippen MR) is 45.4 cm³/mol. The summed E-state index contributed by atoms with van der Waals surface area (Å²) >= 11 is 1.41. The van der Waals surface area contributed by atoms with Crippen LogP contribution >= 0.6 is 11.5 Å². The van der Waals surface area contributed by atoms with E-state index in [-0.39, 0.29) is 0 Å². The summed E-state index contributed by atoms with van der Waals surface area (Å²) in [5.41, 5.74) is 6.59. The van der Waals surface area contributed by atoms with Crippen molar-refractivity contribution in [3.63, 3.8) is 0 Å². The molecule has 1 heterocycles. The minimum absolute atomic E-state index is 0.640. The van der Waals surface area contributed by atoms with Gasteiger partial charge in [0, 0.05) is 12.1 Å². The van der Waals surface area contributed by atoms with Crippen LogP contribution in [0.2, 0.25) is 0 Å². The third-order valence-electron chi connectivity index (χ3n) is 1.30. The fraction of sp³-hybridized carbons (Fsp3) is 0.500. The highest BCUT2D eigenvalue weighted by atomic mass is 32.1. The molecule has 0 fully saturated rings. The van der Waals surface area contributed by atoms with E-state index in [9.17, 15) is 0 Å². The van der Waals surface area contributed by atoms with Gasteiger partial charge in [-0.2, -0.15) is 4.37 Å². The molecule has 0 atom stereocenters. The van der Waals surface area contributed by atoms with Gasteiger partial charge < -0.3 is 11.1 Å². The van der Waals surface area contributed by atoms with E-state index in [2.05, 4.69) is 16.6 Å². The number of nitrogens with two attached hydrogens (primary N) is 1.